The van der Waals surface area contributed by atoms with Gasteiger partial charge in [-0.05, 0) is 41.5 Å². The van der Waals surface area contributed by atoms with Gasteiger partial charge in [-0.3, -0.25) is 9.78 Å². The van der Waals surface area contributed by atoms with Gasteiger partial charge in [-0.25, -0.2) is 0 Å². The monoisotopic (exact) mass is 423 g/mol. The van der Waals surface area contributed by atoms with E-state index in [4.69, 9.17) is 16.3 Å². The molecule has 2 atom stereocenters. The van der Waals surface area contributed by atoms with Gasteiger partial charge < -0.3 is 4.74 Å². The number of rotatable bonds is 5. The highest BCUT2D eigenvalue weighted by Crippen LogP contribution is 2.60. The van der Waals surface area contributed by atoms with E-state index >= 15 is 0 Å². The van der Waals surface area contributed by atoms with Crippen molar-refractivity contribution in [3.8, 4) is 11.3 Å². The number of pyridine rings is 1. The van der Waals surface area contributed by atoms with Gasteiger partial charge in [-0.15, -0.1) is 0 Å². The molecule has 1 saturated carbocycles. The molecule has 0 bridgehead atoms. The van der Waals surface area contributed by atoms with Gasteiger partial charge in [0.1, 0.15) is 11.6 Å². The number of aromatic nitrogens is 1. The van der Waals surface area contributed by atoms with E-state index < -0.39 is 34.4 Å². The Labute approximate surface area is 172 Å². The van der Waals surface area contributed by atoms with Gasteiger partial charge in [0.05, 0.1) is 11.6 Å². The summed E-state index contributed by atoms with van der Waals surface area (Å²) < 4.78 is 43.5. The zero-order valence-electron chi connectivity index (χ0n) is 16.3. The van der Waals surface area contributed by atoms with Crippen LogP contribution in [0.2, 0.25) is 0 Å². The summed E-state index contributed by atoms with van der Waals surface area (Å²) in [5, 5.41) is -1.20. The van der Waals surface area contributed by atoms with Crippen LogP contribution in [0.15, 0.2) is 53.7 Å². The molecule has 0 N–H and O–H groups in total. The molecule has 0 spiro atoms. The molecule has 0 unspecified atom stereocenters. The van der Waals surface area contributed by atoms with Crippen molar-refractivity contribution < 1.29 is 22.7 Å². The minimum absolute atomic E-state index is 0.0430. The van der Waals surface area contributed by atoms with Crippen molar-refractivity contribution in [3.63, 3.8) is 0 Å². The van der Waals surface area contributed by atoms with E-state index in [-0.39, 0.29) is 6.61 Å². The average Bonchev–Trinajstić information content (AvgIpc) is 3.20. The number of hydrogen-bond donors (Lipinski definition) is 0. The summed E-state index contributed by atoms with van der Waals surface area (Å²) in [6.45, 7) is 5.42. The van der Waals surface area contributed by atoms with Crippen LogP contribution >= 0.6 is 11.6 Å². The third-order valence-corrected chi connectivity index (χ3v) is 5.86. The number of benzene rings is 1. The smallest absolute Gasteiger partial charge is 0.426 e. The number of allylic oxidation sites excluding steroid dienone is 2. The minimum Gasteiger partial charge on any atom is -0.461 e. The second kappa shape index (κ2) is 7.82. The molecule has 1 fully saturated rings. The van der Waals surface area contributed by atoms with Gasteiger partial charge in [0.25, 0.3) is 0 Å². The van der Waals surface area contributed by atoms with Gasteiger partial charge >= 0.3 is 12.1 Å². The van der Waals surface area contributed by atoms with E-state index in [0.717, 1.165) is 28.5 Å². The lowest BCUT2D eigenvalue weighted by Gasteiger charge is -2.12. The number of nitrogens with zero attached hydrogens (tertiary/aromatic N) is 1. The standard InChI is InChI=1S/C22H21ClF3NO2/c1-13-14(7-6-8-15(13)17-9-4-5-10-27-17)12-29-20(28)19-16(21(19,2)3)11-18(23)22(24,25)26/h4-11,16,19H,12H2,1-3H3/t16-,19-/m0/s1. The van der Waals surface area contributed by atoms with Crippen LogP contribution in [0.4, 0.5) is 13.2 Å². The molecule has 7 heteroatoms. The second-order valence-electron chi connectivity index (χ2n) is 7.75. The van der Waals surface area contributed by atoms with E-state index in [1.165, 1.54) is 0 Å². The Hall–Kier alpha value is -2.34. The maximum atomic E-state index is 12.7. The van der Waals surface area contributed by atoms with Crippen molar-refractivity contribution in [2.75, 3.05) is 0 Å². The average molecular weight is 424 g/mol. The molecular weight excluding hydrogens is 403 g/mol. The maximum Gasteiger partial charge on any atom is 0.426 e. The molecule has 1 aromatic heterocycles. The van der Waals surface area contributed by atoms with Crippen LogP contribution in [0, 0.1) is 24.2 Å². The van der Waals surface area contributed by atoms with E-state index in [1.807, 2.05) is 43.3 Å². The van der Waals surface area contributed by atoms with Crippen molar-refractivity contribution in [2.24, 2.45) is 17.3 Å². The highest BCUT2D eigenvalue weighted by atomic mass is 35.5. The number of hydrogen-bond acceptors (Lipinski definition) is 3. The third-order valence-electron chi connectivity index (χ3n) is 5.52. The Morgan fingerprint density at radius 2 is 1.97 bits per heavy atom. The SMILES string of the molecule is Cc1c(COC(=O)[C@@H]2[C@H](C=C(Cl)C(F)(F)F)C2(C)C)cccc1-c1ccccn1. The molecule has 1 aliphatic carbocycles. The molecule has 29 heavy (non-hydrogen) atoms. The number of carbonyl (C=O) groups is 1. The summed E-state index contributed by atoms with van der Waals surface area (Å²) in [6.07, 6.45) is -1.99. The summed E-state index contributed by atoms with van der Waals surface area (Å²) in [5.41, 5.74) is 2.87. The number of carbonyl (C=O) groups excluding carboxylic acids is 1. The van der Waals surface area contributed by atoms with Crippen LogP contribution in [0.25, 0.3) is 11.3 Å². The molecule has 3 rings (SSSR count). The summed E-state index contributed by atoms with van der Waals surface area (Å²) in [7, 11) is 0. The number of ether oxygens (including phenoxy) is 1. The van der Waals surface area contributed by atoms with Crippen molar-refractivity contribution in [1.82, 2.24) is 4.98 Å². The van der Waals surface area contributed by atoms with Crippen LogP contribution < -0.4 is 0 Å². The fourth-order valence-corrected chi connectivity index (χ4v) is 3.70. The van der Waals surface area contributed by atoms with Crippen molar-refractivity contribution in [1.29, 1.82) is 0 Å². The predicted molar refractivity (Wildman–Crippen MR) is 105 cm³/mol. The highest BCUT2D eigenvalue weighted by molar-refractivity contribution is 6.30. The van der Waals surface area contributed by atoms with Gasteiger partial charge in [-0.2, -0.15) is 13.2 Å². The molecule has 0 saturated heterocycles. The molecule has 0 aliphatic heterocycles. The quantitative estimate of drug-likeness (QED) is 0.549. The molecule has 0 radical (unpaired) electrons. The second-order valence-corrected chi connectivity index (χ2v) is 8.16. The predicted octanol–water partition coefficient (Wildman–Crippen LogP) is 6.06. The molecule has 1 aromatic carbocycles. The normalized spacial score (nSPS) is 21.0. The van der Waals surface area contributed by atoms with Crippen LogP contribution in [0.1, 0.15) is 25.0 Å². The topological polar surface area (TPSA) is 39.2 Å². The molecular formula is C22H21ClF3NO2. The Morgan fingerprint density at radius 1 is 1.24 bits per heavy atom. The number of esters is 1. The van der Waals surface area contributed by atoms with E-state index in [1.54, 1.807) is 20.0 Å². The summed E-state index contributed by atoms with van der Waals surface area (Å²) in [5.74, 6) is -1.78. The summed E-state index contributed by atoms with van der Waals surface area (Å²) in [6, 6.07) is 11.3. The maximum absolute atomic E-state index is 12.7. The molecule has 154 valence electrons. The fourth-order valence-electron chi connectivity index (χ4n) is 3.57. The fraction of sp³-hybridized carbons (Fsp3) is 0.364. The third kappa shape index (κ3) is 4.47. The zero-order chi connectivity index (χ0) is 21.4. The zero-order valence-corrected chi connectivity index (χ0v) is 17.0. The first-order valence-corrected chi connectivity index (χ1v) is 9.52. The van der Waals surface area contributed by atoms with E-state index in [2.05, 4.69) is 4.98 Å². The van der Waals surface area contributed by atoms with Gasteiger partial charge in [0.15, 0.2) is 0 Å². The Bertz CT molecular complexity index is 939. The molecule has 2 aromatic rings. The lowest BCUT2D eigenvalue weighted by Crippen LogP contribution is -2.11. The van der Waals surface area contributed by atoms with Crippen LogP contribution in [-0.4, -0.2) is 17.1 Å². The minimum atomic E-state index is -4.61. The van der Waals surface area contributed by atoms with Crippen LogP contribution in [0.5, 0.6) is 0 Å². The molecule has 1 aliphatic rings. The number of halogens is 4. The first-order valence-electron chi connectivity index (χ1n) is 9.14. The Kier molecular flexibility index (Phi) is 5.77. The summed E-state index contributed by atoms with van der Waals surface area (Å²) >= 11 is 5.34. The largest absolute Gasteiger partial charge is 0.461 e. The first-order chi connectivity index (χ1) is 13.5. The first kappa shape index (κ1) is 21.4. The van der Waals surface area contributed by atoms with E-state index in [0.29, 0.717) is 0 Å². The molecule has 1 heterocycles. The molecule has 3 nitrogen and oxygen atoms in total. The highest BCUT2D eigenvalue weighted by Gasteiger charge is 2.62. The van der Waals surface area contributed by atoms with Crippen LogP contribution in [0.3, 0.4) is 0 Å². The van der Waals surface area contributed by atoms with Gasteiger partial charge in [0.2, 0.25) is 0 Å². The van der Waals surface area contributed by atoms with Crippen LogP contribution in [-0.2, 0) is 16.1 Å². The molecule has 0 amide bonds. The Balaban J connectivity index is 1.70. The van der Waals surface area contributed by atoms with Gasteiger partial charge in [0, 0.05) is 11.8 Å². The van der Waals surface area contributed by atoms with Crippen molar-refractivity contribution in [2.45, 2.75) is 33.6 Å². The van der Waals surface area contributed by atoms with Gasteiger partial charge in [-0.1, -0.05) is 55.8 Å². The lowest BCUT2D eigenvalue weighted by atomic mass is 10.00. The van der Waals surface area contributed by atoms with E-state index in [9.17, 15) is 18.0 Å². The Morgan fingerprint density at radius 3 is 2.59 bits per heavy atom. The van der Waals surface area contributed by atoms with Crippen molar-refractivity contribution in [3.05, 3.63) is 64.8 Å². The lowest BCUT2D eigenvalue weighted by molar-refractivity contribution is -0.147. The number of alkyl halides is 3. The summed E-state index contributed by atoms with van der Waals surface area (Å²) in [4.78, 5) is 16.9. The van der Waals surface area contributed by atoms with Crippen molar-refractivity contribution >= 4 is 17.6 Å².